The van der Waals surface area contributed by atoms with Crippen molar-refractivity contribution in [3.05, 3.63) is 78.2 Å². The summed E-state index contributed by atoms with van der Waals surface area (Å²) in [5.41, 5.74) is 3.20. The fourth-order valence-corrected chi connectivity index (χ4v) is 3.30. The molecule has 4 rings (SSSR count). The molecule has 0 atom stereocenters. The van der Waals surface area contributed by atoms with E-state index in [0.29, 0.717) is 11.3 Å². The number of anilines is 1. The van der Waals surface area contributed by atoms with Crippen LogP contribution < -0.4 is 5.32 Å². The van der Waals surface area contributed by atoms with Crippen molar-refractivity contribution in [3.8, 4) is 0 Å². The van der Waals surface area contributed by atoms with Crippen LogP contribution in [-0.2, 0) is 5.75 Å². The van der Waals surface area contributed by atoms with Gasteiger partial charge in [-0.3, -0.25) is 14.9 Å². The number of pyridine rings is 1. The van der Waals surface area contributed by atoms with Gasteiger partial charge >= 0.3 is 0 Å². The number of amides is 1. The number of benzene rings is 2. The summed E-state index contributed by atoms with van der Waals surface area (Å²) in [5, 5.41) is 11.3. The summed E-state index contributed by atoms with van der Waals surface area (Å²) >= 11 is 1.56. The quantitative estimate of drug-likeness (QED) is 0.527. The SMILES string of the molecule is O=C(Nc1cccc2cccnc12)c1ccc(CSc2ncn[nH]2)cc1. The first kappa shape index (κ1) is 16.3. The van der Waals surface area contributed by atoms with Crippen LogP contribution in [0.15, 0.2) is 72.3 Å². The first-order valence-electron chi connectivity index (χ1n) is 8.02. The molecule has 7 heteroatoms. The normalized spacial score (nSPS) is 10.8. The van der Waals surface area contributed by atoms with Crippen LogP contribution in [0.4, 0.5) is 5.69 Å². The molecule has 2 aromatic carbocycles. The molecule has 2 aromatic heterocycles. The average Bonchev–Trinajstić information content (AvgIpc) is 3.21. The highest BCUT2D eigenvalue weighted by molar-refractivity contribution is 7.98. The van der Waals surface area contributed by atoms with Crippen LogP contribution in [0.25, 0.3) is 10.9 Å². The molecule has 0 aliphatic carbocycles. The molecule has 0 bridgehead atoms. The highest BCUT2D eigenvalue weighted by Gasteiger charge is 2.09. The van der Waals surface area contributed by atoms with E-state index in [2.05, 4.69) is 25.5 Å². The number of fused-ring (bicyclic) bond motifs is 1. The lowest BCUT2D eigenvalue weighted by Gasteiger charge is -2.08. The lowest BCUT2D eigenvalue weighted by atomic mass is 10.1. The first-order chi connectivity index (χ1) is 12.8. The Hall–Kier alpha value is -3.19. The van der Waals surface area contributed by atoms with Gasteiger partial charge in [-0.05, 0) is 29.8 Å². The summed E-state index contributed by atoms with van der Waals surface area (Å²) < 4.78 is 0. The Bertz CT molecular complexity index is 1030. The van der Waals surface area contributed by atoms with Crippen molar-refractivity contribution in [1.29, 1.82) is 0 Å². The Balaban J connectivity index is 1.46. The van der Waals surface area contributed by atoms with E-state index < -0.39 is 0 Å². The van der Waals surface area contributed by atoms with E-state index in [1.165, 1.54) is 6.33 Å². The molecule has 128 valence electrons. The number of thioether (sulfide) groups is 1. The smallest absolute Gasteiger partial charge is 0.255 e. The Kier molecular flexibility index (Phi) is 4.61. The molecule has 0 saturated carbocycles. The molecule has 26 heavy (non-hydrogen) atoms. The number of carbonyl (C=O) groups excluding carboxylic acids is 1. The van der Waals surface area contributed by atoms with E-state index in [0.717, 1.165) is 27.4 Å². The predicted molar refractivity (Wildman–Crippen MR) is 102 cm³/mol. The number of nitrogens with zero attached hydrogens (tertiary/aromatic N) is 3. The zero-order valence-electron chi connectivity index (χ0n) is 13.7. The van der Waals surface area contributed by atoms with Gasteiger partial charge in [0.15, 0.2) is 5.16 Å². The lowest BCUT2D eigenvalue weighted by Crippen LogP contribution is -2.12. The van der Waals surface area contributed by atoms with Crippen LogP contribution >= 0.6 is 11.8 Å². The van der Waals surface area contributed by atoms with Crippen molar-refractivity contribution < 1.29 is 4.79 Å². The van der Waals surface area contributed by atoms with Crippen molar-refractivity contribution in [2.24, 2.45) is 0 Å². The maximum absolute atomic E-state index is 12.5. The van der Waals surface area contributed by atoms with E-state index in [4.69, 9.17) is 0 Å². The molecule has 0 aliphatic heterocycles. The molecule has 2 N–H and O–H groups in total. The van der Waals surface area contributed by atoms with Gasteiger partial charge in [-0.15, -0.1) is 0 Å². The minimum absolute atomic E-state index is 0.155. The monoisotopic (exact) mass is 361 g/mol. The van der Waals surface area contributed by atoms with Crippen molar-refractivity contribution in [2.75, 3.05) is 5.32 Å². The second-order valence-electron chi connectivity index (χ2n) is 5.61. The molecule has 2 heterocycles. The van der Waals surface area contributed by atoms with Gasteiger partial charge in [0, 0.05) is 22.9 Å². The molecule has 6 nitrogen and oxygen atoms in total. The number of hydrogen-bond acceptors (Lipinski definition) is 5. The highest BCUT2D eigenvalue weighted by Crippen LogP contribution is 2.22. The molecule has 0 aliphatic rings. The van der Waals surface area contributed by atoms with Gasteiger partial charge in [0.05, 0.1) is 11.2 Å². The maximum atomic E-state index is 12.5. The van der Waals surface area contributed by atoms with Gasteiger partial charge in [-0.25, -0.2) is 4.98 Å². The van der Waals surface area contributed by atoms with Crippen LogP contribution in [0.5, 0.6) is 0 Å². The molecule has 0 spiro atoms. The number of aromatic amines is 1. The summed E-state index contributed by atoms with van der Waals surface area (Å²) in [6, 6.07) is 17.1. The number of aromatic nitrogens is 4. The van der Waals surface area contributed by atoms with Gasteiger partial charge in [-0.1, -0.05) is 42.1 Å². The summed E-state index contributed by atoms with van der Waals surface area (Å²) in [7, 11) is 0. The van der Waals surface area contributed by atoms with E-state index in [9.17, 15) is 4.79 Å². The number of nitrogens with one attached hydrogen (secondary N) is 2. The van der Waals surface area contributed by atoms with E-state index in [1.807, 2.05) is 54.6 Å². The van der Waals surface area contributed by atoms with E-state index in [-0.39, 0.29) is 5.91 Å². The van der Waals surface area contributed by atoms with Crippen LogP contribution in [0, 0.1) is 0 Å². The molecule has 0 unspecified atom stereocenters. The van der Waals surface area contributed by atoms with E-state index in [1.54, 1.807) is 18.0 Å². The Morgan fingerprint density at radius 1 is 1.04 bits per heavy atom. The highest BCUT2D eigenvalue weighted by atomic mass is 32.2. The second kappa shape index (κ2) is 7.37. The largest absolute Gasteiger partial charge is 0.320 e. The van der Waals surface area contributed by atoms with Crippen molar-refractivity contribution in [3.63, 3.8) is 0 Å². The molecule has 1 amide bonds. The molecular formula is C19H15N5OS. The minimum Gasteiger partial charge on any atom is -0.320 e. The van der Waals surface area contributed by atoms with Crippen molar-refractivity contribution in [2.45, 2.75) is 10.9 Å². The number of para-hydroxylation sites is 1. The van der Waals surface area contributed by atoms with Crippen LogP contribution in [0.1, 0.15) is 15.9 Å². The van der Waals surface area contributed by atoms with Gasteiger partial charge in [0.1, 0.15) is 6.33 Å². The third-order valence-electron chi connectivity index (χ3n) is 3.87. The third kappa shape index (κ3) is 3.57. The molecule has 0 radical (unpaired) electrons. The zero-order valence-corrected chi connectivity index (χ0v) is 14.5. The van der Waals surface area contributed by atoms with Gasteiger partial charge < -0.3 is 5.32 Å². The van der Waals surface area contributed by atoms with Gasteiger partial charge in [0.2, 0.25) is 0 Å². The predicted octanol–water partition coefficient (Wildman–Crippen LogP) is 3.90. The van der Waals surface area contributed by atoms with Gasteiger partial charge in [0.25, 0.3) is 5.91 Å². The third-order valence-corrected chi connectivity index (χ3v) is 4.81. The van der Waals surface area contributed by atoms with Crippen LogP contribution in [0.2, 0.25) is 0 Å². The lowest BCUT2D eigenvalue weighted by molar-refractivity contribution is 0.102. The Morgan fingerprint density at radius 3 is 2.69 bits per heavy atom. The van der Waals surface area contributed by atoms with Crippen molar-refractivity contribution in [1.82, 2.24) is 20.2 Å². The van der Waals surface area contributed by atoms with Crippen LogP contribution in [0.3, 0.4) is 0 Å². The van der Waals surface area contributed by atoms with E-state index >= 15 is 0 Å². The summed E-state index contributed by atoms with van der Waals surface area (Å²) in [4.78, 5) is 21.0. The fourth-order valence-electron chi connectivity index (χ4n) is 2.57. The average molecular weight is 361 g/mol. The molecule has 0 saturated heterocycles. The molecule has 0 fully saturated rings. The van der Waals surface area contributed by atoms with Crippen molar-refractivity contribution >= 4 is 34.3 Å². The number of H-pyrrole nitrogens is 1. The summed E-state index contributed by atoms with van der Waals surface area (Å²) in [6.07, 6.45) is 3.21. The first-order valence-corrected chi connectivity index (χ1v) is 9.00. The summed E-state index contributed by atoms with van der Waals surface area (Å²) in [5.74, 6) is 0.599. The number of carbonyl (C=O) groups is 1. The summed E-state index contributed by atoms with van der Waals surface area (Å²) in [6.45, 7) is 0. The second-order valence-corrected chi connectivity index (χ2v) is 6.58. The zero-order chi connectivity index (χ0) is 17.8. The van der Waals surface area contributed by atoms with Crippen LogP contribution in [-0.4, -0.2) is 26.1 Å². The minimum atomic E-state index is -0.155. The fraction of sp³-hybridized carbons (Fsp3) is 0.0526. The molecular weight excluding hydrogens is 346 g/mol. The standard InChI is InChI=1S/C19H15N5OS/c25-18(23-16-5-1-3-14-4-2-10-20-17(14)16)15-8-6-13(7-9-15)11-26-19-21-12-22-24-19/h1-10,12H,11H2,(H,23,25)(H,21,22,24). The topological polar surface area (TPSA) is 83.6 Å². The number of hydrogen-bond donors (Lipinski definition) is 2. The Morgan fingerprint density at radius 2 is 1.88 bits per heavy atom. The maximum Gasteiger partial charge on any atom is 0.255 e. The number of rotatable bonds is 5. The van der Waals surface area contributed by atoms with Gasteiger partial charge in [-0.2, -0.15) is 5.10 Å². The molecule has 4 aromatic rings. The Labute approximate surface area is 154 Å².